The zero-order valence-corrected chi connectivity index (χ0v) is 6.04. The summed E-state index contributed by atoms with van der Waals surface area (Å²) in [6, 6.07) is 0. The van der Waals surface area contributed by atoms with Gasteiger partial charge in [0.05, 0.1) is 5.25 Å². The summed E-state index contributed by atoms with van der Waals surface area (Å²) in [4.78, 5) is 8.36. The average Bonchev–Trinajstić information content (AvgIpc) is 2.40. The molecule has 0 bridgehead atoms. The maximum Gasteiger partial charge on any atom is 0.290 e. The van der Waals surface area contributed by atoms with E-state index in [1.807, 2.05) is 0 Å². The molecule has 0 spiro atoms. The summed E-state index contributed by atoms with van der Waals surface area (Å²) in [7, 11) is -3.13. The normalized spacial score (nSPS) is 16.9. The first-order chi connectivity index (χ1) is 4.52. The average molecular weight is 167 g/mol. The molecule has 1 saturated carbocycles. The Morgan fingerprint density at radius 1 is 1.50 bits per heavy atom. The van der Waals surface area contributed by atoms with E-state index in [4.69, 9.17) is 15.0 Å². The highest BCUT2D eigenvalue weighted by molar-refractivity contribution is 7.90. The summed E-state index contributed by atoms with van der Waals surface area (Å²) in [6.45, 7) is -0.250. The van der Waals surface area contributed by atoms with E-state index >= 15 is 0 Å². The summed E-state index contributed by atoms with van der Waals surface area (Å²) in [6.07, 6.45) is 1.53. The van der Waals surface area contributed by atoms with Crippen molar-refractivity contribution >= 4 is 16.5 Å². The molecular formula is C4H9NO4S. The topological polar surface area (TPSA) is 97.5 Å². The predicted octanol–water partition coefficient (Wildman–Crippen LogP) is -0.862. The molecule has 0 radical (unpaired) electrons. The van der Waals surface area contributed by atoms with E-state index < -0.39 is 10.0 Å². The zero-order chi connectivity index (χ0) is 8.20. The molecule has 0 aromatic heterocycles. The monoisotopic (exact) mass is 167 g/mol. The molecule has 0 unspecified atom stereocenters. The molecule has 0 aromatic rings. The number of nitrogens with two attached hydrogens (primary N) is 1. The number of primary sulfonamides is 1. The van der Waals surface area contributed by atoms with Crippen LogP contribution in [-0.2, 0) is 14.8 Å². The van der Waals surface area contributed by atoms with Gasteiger partial charge in [-0.3, -0.25) is 4.79 Å². The molecule has 0 saturated heterocycles. The Labute approximate surface area is 58.9 Å². The number of carbonyl (C=O) groups is 1. The first-order valence-corrected chi connectivity index (χ1v) is 4.22. The largest absolute Gasteiger partial charge is 0.483 e. The fourth-order valence-electron chi connectivity index (χ4n) is 0.397. The van der Waals surface area contributed by atoms with Crippen molar-refractivity contribution in [3.63, 3.8) is 0 Å². The number of hydrogen-bond donors (Lipinski definition) is 2. The highest BCUT2D eigenvalue weighted by Crippen LogP contribution is 2.25. The highest BCUT2D eigenvalue weighted by Gasteiger charge is 2.32. The SMILES string of the molecule is NS(=O)(=O)C1CC1.O=CO. The third-order valence-corrected chi connectivity index (χ3v) is 2.39. The van der Waals surface area contributed by atoms with Crippen molar-refractivity contribution in [2.75, 3.05) is 0 Å². The lowest BCUT2D eigenvalue weighted by molar-refractivity contribution is -0.122. The van der Waals surface area contributed by atoms with Crippen molar-refractivity contribution in [3.05, 3.63) is 0 Å². The van der Waals surface area contributed by atoms with E-state index in [0.29, 0.717) is 0 Å². The summed E-state index contributed by atoms with van der Waals surface area (Å²) < 4.78 is 20.3. The van der Waals surface area contributed by atoms with Gasteiger partial charge < -0.3 is 5.11 Å². The van der Waals surface area contributed by atoms with Crippen LogP contribution in [0.4, 0.5) is 0 Å². The van der Waals surface area contributed by atoms with Gasteiger partial charge in [-0.1, -0.05) is 0 Å². The molecule has 0 heterocycles. The van der Waals surface area contributed by atoms with Gasteiger partial charge in [0.15, 0.2) is 0 Å². The van der Waals surface area contributed by atoms with E-state index in [0.717, 1.165) is 12.8 Å². The highest BCUT2D eigenvalue weighted by atomic mass is 32.2. The molecule has 0 aliphatic heterocycles. The van der Waals surface area contributed by atoms with Crippen molar-refractivity contribution in [1.82, 2.24) is 0 Å². The molecule has 0 amide bonds. The minimum Gasteiger partial charge on any atom is -0.483 e. The Morgan fingerprint density at radius 2 is 1.80 bits per heavy atom. The van der Waals surface area contributed by atoms with E-state index in [9.17, 15) is 8.42 Å². The summed E-state index contributed by atoms with van der Waals surface area (Å²) >= 11 is 0. The number of carboxylic acid groups (broad SMARTS) is 1. The maximum absolute atomic E-state index is 10.2. The van der Waals surface area contributed by atoms with Crippen molar-refractivity contribution < 1.29 is 18.3 Å². The molecule has 1 fully saturated rings. The van der Waals surface area contributed by atoms with Crippen LogP contribution >= 0.6 is 0 Å². The van der Waals surface area contributed by atoms with Crippen LogP contribution in [0.25, 0.3) is 0 Å². The van der Waals surface area contributed by atoms with E-state index in [-0.39, 0.29) is 11.7 Å². The lowest BCUT2D eigenvalue weighted by atomic mass is 11.0. The minimum atomic E-state index is -3.13. The smallest absolute Gasteiger partial charge is 0.290 e. The van der Waals surface area contributed by atoms with Crippen molar-refractivity contribution in [3.8, 4) is 0 Å². The van der Waals surface area contributed by atoms with E-state index in [1.54, 1.807) is 0 Å². The first kappa shape index (κ1) is 9.38. The third kappa shape index (κ3) is 4.28. The zero-order valence-electron chi connectivity index (χ0n) is 5.23. The lowest BCUT2D eigenvalue weighted by Gasteiger charge is -1.84. The molecule has 60 valence electrons. The molecule has 6 heteroatoms. The molecule has 0 aromatic carbocycles. The number of sulfonamides is 1. The molecule has 1 rings (SSSR count). The van der Waals surface area contributed by atoms with Crippen LogP contribution in [0.2, 0.25) is 0 Å². The summed E-state index contributed by atoms with van der Waals surface area (Å²) in [5.41, 5.74) is 0. The second kappa shape index (κ2) is 3.52. The van der Waals surface area contributed by atoms with Gasteiger partial charge in [0.25, 0.3) is 6.47 Å². The fraction of sp³-hybridized carbons (Fsp3) is 0.750. The van der Waals surface area contributed by atoms with Crippen LogP contribution < -0.4 is 5.14 Å². The second-order valence-electron chi connectivity index (χ2n) is 1.89. The molecular weight excluding hydrogens is 158 g/mol. The van der Waals surface area contributed by atoms with E-state index in [2.05, 4.69) is 0 Å². The Balaban J connectivity index is 0.000000236. The number of hydrogen-bond acceptors (Lipinski definition) is 3. The van der Waals surface area contributed by atoms with Gasteiger partial charge in [-0.2, -0.15) is 0 Å². The molecule has 0 atom stereocenters. The Hall–Kier alpha value is -0.620. The van der Waals surface area contributed by atoms with Gasteiger partial charge in [-0.25, -0.2) is 13.6 Å². The van der Waals surface area contributed by atoms with Gasteiger partial charge in [0.1, 0.15) is 0 Å². The van der Waals surface area contributed by atoms with Gasteiger partial charge in [0, 0.05) is 0 Å². The minimum absolute atomic E-state index is 0.201. The predicted molar refractivity (Wildman–Crippen MR) is 34.8 cm³/mol. The summed E-state index contributed by atoms with van der Waals surface area (Å²) in [5.74, 6) is 0. The maximum atomic E-state index is 10.2. The van der Waals surface area contributed by atoms with Crippen molar-refractivity contribution in [2.45, 2.75) is 18.1 Å². The molecule has 3 N–H and O–H groups in total. The first-order valence-electron chi connectivity index (χ1n) is 2.62. The quantitative estimate of drug-likeness (QED) is 0.496. The number of rotatable bonds is 1. The van der Waals surface area contributed by atoms with Gasteiger partial charge in [-0.15, -0.1) is 0 Å². The third-order valence-electron chi connectivity index (χ3n) is 0.989. The molecule has 10 heavy (non-hydrogen) atoms. The van der Waals surface area contributed by atoms with Crippen LogP contribution in [0.1, 0.15) is 12.8 Å². The van der Waals surface area contributed by atoms with E-state index in [1.165, 1.54) is 0 Å². The van der Waals surface area contributed by atoms with Gasteiger partial charge >= 0.3 is 0 Å². The van der Waals surface area contributed by atoms with Crippen molar-refractivity contribution in [2.24, 2.45) is 5.14 Å². The fourth-order valence-corrected chi connectivity index (χ4v) is 1.19. The van der Waals surface area contributed by atoms with Crippen LogP contribution in [0.15, 0.2) is 0 Å². The molecule has 1 aliphatic rings. The standard InChI is InChI=1S/C3H7NO2S.CH2O2/c4-7(5,6)3-1-2-3;2-1-3/h3H,1-2H2,(H2,4,5,6);1H,(H,2,3). The van der Waals surface area contributed by atoms with Gasteiger partial charge in [-0.05, 0) is 12.8 Å². The summed E-state index contributed by atoms with van der Waals surface area (Å²) in [5, 5.41) is 11.4. The second-order valence-corrected chi connectivity index (χ2v) is 3.74. The van der Waals surface area contributed by atoms with Crippen LogP contribution in [0.3, 0.4) is 0 Å². The van der Waals surface area contributed by atoms with Gasteiger partial charge in [0.2, 0.25) is 10.0 Å². The Bertz CT molecular complexity index is 193. The van der Waals surface area contributed by atoms with Crippen molar-refractivity contribution in [1.29, 1.82) is 0 Å². The Morgan fingerprint density at radius 3 is 1.80 bits per heavy atom. The molecule has 1 aliphatic carbocycles. The van der Waals surface area contributed by atoms with Crippen LogP contribution in [0.5, 0.6) is 0 Å². The Kier molecular flexibility index (Phi) is 3.31. The van der Waals surface area contributed by atoms with Crippen LogP contribution in [-0.4, -0.2) is 25.2 Å². The lowest BCUT2D eigenvalue weighted by Crippen LogP contribution is -2.16. The van der Waals surface area contributed by atoms with Crippen LogP contribution in [0, 0.1) is 0 Å². The molecule has 5 nitrogen and oxygen atoms in total.